The van der Waals surface area contributed by atoms with Crippen LogP contribution >= 0.6 is 31.9 Å². The van der Waals surface area contributed by atoms with Crippen molar-refractivity contribution in [3.8, 4) is 11.5 Å². The monoisotopic (exact) mass is 322 g/mol. The van der Waals surface area contributed by atoms with Gasteiger partial charge in [-0.15, -0.1) is 0 Å². The van der Waals surface area contributed by atoms with Gasteiger partial charge in [0.05, 0.1) is 23.2 Å². The van der Waals surface area contributed by atoms with Crippen molar-refractivity contribution in [3.05, 3.63) is 20.1 Å². The maximum absolute atomic E-state index is 5.30. The van der Waals surface area contributed by atoms with Gasteiger partial charge in [0.15, 0.2) is 0 Å². The second-order valence-corrected chi connectivity index (χ2v) is 4.53. The third kappa shape index (κ3) is 1.77. The predicted octanol–water partition coefficient (Wildman–Crippen LogP) is 3.85. The molecular weight excluding hydrogens is 312 g/mol. The van der Waals surface area contributed by atoms with Gasteiger partial charge < -0.3 is 9.47 Å². The van der Waals surface area contributed by atoms with Gasteiger partial charge >= 0.3 is 0 Å². The number of hydrogen-bond donors (Lipinski definition) is 0. The van der Waals surface area contributed by atoms with Crippen LogP contribution in [0.15, 0.2) is 8.95 Å². The Hall–Kier alpha value is -0.220. The van der Waals surface area contributed by atoms with Crippen molar-refractivity contribution in [2.24, 2.45) is 0 Å². The van der Waals surface area contributed by atoms with E-state index in [0.717, 1.165) is 31.6 Å². The Morgan fingerprint density at radius 1 is 0.786 bits per heavy atom. The molecule has 0 amide bonds. The minimum atomic E-state index is 0.843. The molecule has 0 bridgehead atoms. The zero-order valence-electron chi connectivity index (χ0n) is 8.57. The number of rotatable bonds is 2. The molecule has 78 valence electrons. The molecule has 0 spiro atoms. The minimum Gasteiger partial charge on any atom is -0.495 e. The van der Waals surface area contributed by atoms with Gasteiger partial charge in [0.2, 0.25) is 0 Å². The molecule has 0 N–H and O–H groups in total. The third-order valence-electron chi connectivity index (χ3n) is 2.24. The van der Waals surface area contributed by atoms with Crippen LogP contribution in [0, 0.1) is 13.8 Å². The minimum absolute atomic E-state index is 0.843. The molecular formula is C10H12Br2O2. The van der Waals surface area contributed by atoms with Gasteiger partial charge in [-0.3, -0.25) is 0 Å². The lowest BCUT2D eigenvalue weighted by molar-refractivity contribution is 0.393. The van der Waals surface area contributed by atoms with Gasteiger partial charge in [-0.25, -0.2) is 0 Å². The molecule has 0 aliphatic carbocycles. The molecule has 0 heterocycles. The Morgan fingerprint density at radius 3 is 1.29 bits per heavy atom. The van der Waals surface area contributed by atoms with Crippen LogP contribution in [0.4, 0.5) is 0 Å². The Bertz CT molecular complexity index is 298. The predicted molar refractivity (Wildman–Crippen MR) is 64.4 cm³/mol. The van der Waals surface area contributed by atoms with E-state index < -0.39 is 0 Å². The fourth-order valence-electron chi connectivity index (χ4n) is 1.35. The summed E-state index contributed by atoms with van der Waals surface area (Å²) < 4.78 is 12.4. The van der Waals surface area contributed by atoms with Gasteiger partial charge in [0, 0.05) is 0 Å². The normalized spacial score (nSPS) is 10.1. The summed E-state index contributed by atoms with van der Waals surface area (Å²) in [7, 11) is 3.32. The van der Waals surface area contributed by atoms with E-state index in [1.165, 1.54) is 0 Å². The highest BCUT2D eigenvalue weighted by Crippen LogP contribution is 2.44. The average Bonchev–Trinajstić information content (AvgIpc) is 2.17. The van der Waals surface area contributed by atoms with E-state index in [2.05, 4.69) is 31.9 Å². The lowest BCUT2D eigenvalue weighted by atomic mass is 10.1. The Balaban J connectivity index is 3.55. The Morgan fingerprint density at radius 2 is 1.07 bits per heavy atom. The van der Waals surface area contributed by atoms with Crippen LogP contribution in [-0.2, 0) is 0 Å². The topological polar surface area (TPSA) is 18.5 Å². The molecule has 1 rings (SSSR count). The van der Waals surface area contributed by atoms with E-state index in [1.54, 1.807) is 14.2 Å². The Labute approximate surface area is 101 Å². The van der Waals surface area contributed by atoms with Crippen molar-refractivity contribution in [3.63, 3.8) is 0 Å². The molecule has 0 aliphatic rings. The van der Waals surface area contributed by atoms with Crippen molar-refractivity contribution in [1.29, 1.82) is 0 Å². The molecule has 0 fully saturated rings. The van der Waals surface area contributed by atoms with Gasteiger partial charge in [0.1, 0.15) is 11.5 Å². The third-order valence-corrected chi connectivity index (χ3v) is 4.29. The van der Waals surface area contributed by atoms with Gasteiger partial charge in [-0.2, -0.15) is 0 Å². The quantitative estimate of drug-likeness (QED) is 0.823. The first kappa shape index (κ1) is 11.9. The van der Waals surface area contributed by atoms with Gasteiger partial charge in [-0.05, 0) is 56.8 Å². The zero-order valence-corrected chi connectivity index (χ0v) is 11.7. The number of benzene rings is 1. The standard InChI is InChI=1S/C10H12Br2O2/c1-5-6(2)10(14-4)8(12)7(11)9(5)13-3/h1-4H3. The first-order valence-electron chi connectivity index (χ1n) is 4.10. The maximum Gasteiger partial charge on any atom is 0.137 e. The van der Waals surface area contributed by atoms with Crippen molar-refractivity contribution < 1.29 is 9.47 Å². The van der Waals surface area contributed by atoms with Crippen LogP contribution in [0.3, 0.4) is 0 Å². The van der Waals surface area contributed by atoms with E-state index >= 15 is 0 Å². The lowest BCUT2D eigenvalue weighted by Crippen LogP contribution is -1.97. The highest BCUT2D eigenvalue weighted by atomic mass is 79.9. The van der Waals surface area contributed by atoms with Gasteiger partial charge in [0.25, 0.3) is 0 Å². The number of methoxy groups -OCH3 is 2. The molecule has 0 saturated carbocycles. The fraction of sp³-hybridized carbons (Fsp3) is 0.400. The molecule has 2 nitrogen and oxygen atoms in total. The van der Waals surface area contributed by atoms with Crippen molar-refractivity contribution >= 4 is 31.9 Å². The molecule has 0 atom stereocenters. The molecule has 14 heavy (non-hydrogen) atoms. The van der Waals surface area contributed by atoms with Crippen LogP contribution in [-0.4, -0.2) is 14.2 Å². The van der Waals surface area contributed by atoms with E-state index in [9.17, 15) is 0 Å². The van der Waals surface area contributed by atoms with Crippen LogP contribution < -0.4 is 9.47 Å². The van der Waals surface area contributed by atoms with Gasteiger partial charge in [-0.1, -0.05) is 0 Å². The lowest BCUT2D eigenvalue weighted by Gasteiger charge is -2.16. The zero-order chi connectivity index (χ0) is 10.9. The summed E-state index contributed by atoms with van der Waals surface area (Å²) in [6.07, 6.45) is 0. The molecule has 0 aliphatic heterocycles. The summed E-state index contributed by atoms with van der Waals surface area (Å²) in [4.78, 5) is 0. The second kappa shape index (κ2) is 4.53. The number of ether oxygens (including phenoxy) is 2. The Kier molecular flexibility index (Phi) is 3.84. The summed E-state index contributed by atoms with van der Waals surface area (Å²) in [6, 6.07) is 0. The molecule has 0 aromatic heterocycles. The van der Waals surface area contributed by atoms with E-state index in [-0.39, 0.29) is 0 Å². The van der Waals surface area contributed by atoms with Crippen LogP contribution in [0.25, 0.3) is 0 Å². The smallest absolute Gasteiger partial charge is 0.137 e. The van der Waals surface area contributed by atoms with E-state index in [4.69, 9.17) is 9.47 Å². The summed E-state index contributed by atoms with van der Waals surface area (Å²) in [5.74, 6) is 1.69. The molecule has 1 aromatic rings. The average molecular weight is 324 g/mol. The molecule has 1 aromatic carbocycles. The number of halogens is 2. The van der Waals surface area contributed by atoms with Crippen molar-refractivity contribution in [2.75, 3.05) is 14.2 Å². The summed E-state index contributed by atoms with van der Waals surface area (Å²) in [5.41, 5.74) is 2.17. The first-order chi connectivity index (χ1) is 6.54. The van der Waals surface area contributed by atoms with Crippen LogP contribution in [0.2, 0.25) is 0 Å². The highest BCUT2D eigenvalue weighted by Gasteiger charge is 2.17. The van der Waals surface area contributed by atoms with Crippen molar-refractivity contribution in [2.45, 2.75) is 13.8 Å². The molecule has 0 saturated heterocycles. The second-order valence-electron chi connectivity index (χ2n) is 2.94. The van der Waals surface area contributed by atoms with E-state index in [1.807, 2.05) is 13.8 Å². The largest absolute Gasteiger partial charge is 0.495 e. The summed E-state index contributed by atoms with van der Waals surface area (Å²) in [5, 5.41) is 0. The maximum atomic E-state index is 5.30. The number of hydrogen-bond acceptors (Lipinski definition) is 2. The van der Waals surface area contributed by atoms with Crippen LogP contribution in [0.1, 0.15) is 11.1 Å². The fourth-order valence-corrected chi connectivity index (χ4v) is 2.63. The molecule has 0 unspecified atom stereocenters. The SMILES string of the molecule is COc1c(C)c(C)c(OC)c(Br)c1Br. The van der Waals surface area contributed by atoms with E-state index in [0.29, 0.717) is 0 Å². The van der Waals surface area contributed by atoms with Crippen LogP contribution in [0.5, 0.6) is 11.5 Å². The summed E-state index contributed by atoms with van der Waals surface area (Å²) >= 11 is 6.93. The highest BCUT2D eigenvalue weighted by molar-refractivity contribution is 9.13. The van der Waals surface area contributed by atoms with Crippen molar-refractivity contribution in [1.82, 2.24) is 0 Å². The summed E-state index contributed by atoms with van der Waals surface area (Å²) in [6.45, 7) is 4.02. The molecule has 0 radical (unpaired) electrons. The molecule has 4 heteroatoms. The first-order valence-corrected chi connectivity index (χ1v) is 5.69.